The van der Waals surface area contributed by atoms with Crippen LogP contribution in [0, 0.1) is 5.82 Å². The average Bonchev–Trinajstić information content (AvgIpc) is 2.27. The molecule has 1 fully saturated rings. The molecule has 0 bridgehead atoms. The zero-order chi connectivity index (χ0) is 12.4. The van der Waals surface area contributed by atoms with Crippen LogP contribution in [0.1, 0.15) is 24.4 Å². The molecule has 1 aromatic rings. The second-order valence-corrected chi connectivity index (χ2v) is 4.18. The fourth-order valence-electron chi connectivity index (χ4n) is 2.16. The van der Waals surface area contributed by atoms with Gasteiger partial charge < -0.3 is 15.8 Å². The number of para-hydroxylation sites is 1. The van der Waals surface area contributed by atoms with Gasteiger partial charge in [0.25, 0.3) is 0 Å². The lowest BCUT2D eigenvalue weighted by molar-refractivity contribution is -0.123. The Morgan fingerprint density at radius 3 is 2.94 bits per heavy atom. The van der Waals surface area contributed by atoms with Crippen molar-refractivity contribution in [1.29, 1.82) is 0 Å². The standard InChI is InChI=1S/C12H15FN2O2/c1-17-12-8(3-2-4-9(12)13)10-5-7(14)6-11(16)15-10/h2-4,7,10H,5-6,14H2,1H3,(H,15,16). The molecule has 1 heterocycles. The first kappa shape index (κ1) is 11.9. The van der Waals surface area contributed by atoms with E-state index in [0.29, 0.717) is 18.4 Å². The second kappa shape index (κ2) is 4.71. The third-order valence-corrected chi connectivity index (χ3v) is 2.90. The number of carbonyl (C=O) groups excluding carboxylic acids is 1. The number of nitrogens with one attached hydrogen (secondary N) is 1. The van der Waals surface area contributed by atoms with E-state index in [2.05, 4.69) is 5.32 Å². The van der Waals surface area contributed by atoms with Crippen LogP contribution in [0.5, 0.6) is 5.75 Å². The highest BCUT2D eigenvalue weighted by molar-refractivity contribution is 5.78. The number of carbonyl (C=O) groups is 1. The van der Waals surface area contributed by atoms with Crippen molar-refractivity contribution in [2.45, 2.75) is 24.9 Å². The van der Waals surface area contributed by atoms with E-state index in [0.717, 1.165) is 0 Å². The molecule has 0 aliphatic carbocycles. The van der Waals surface area contributed by atoms with Gasteiger partial charge in [0.2, 0.25) is 5.91 Å². The first-order valence-electron chi connectivity index (χ1n) is 5.49. The molecule has 1 saturated heterocycles. The van der Waals surface area contributed by atoms with Crippen LogP contribution in [0.4, 0.5) is 4.39 Å². The fraction of sp³-hybridized carbons (Fsp3) is 0.417. The van der Waals surface area contributed by atoms with Crippen molar-refractivity contribution in [3.05, 3.63) is 29.6 Å². The molecule has 2 rings (SSSR count). The van der Waals surface area contributed by atoms with Crippen LogP contribution in [0.25, 0.3) is 0 Å². The molecule has 92 valence electrons. The Bertz CT molecular complexity index is 437. The van der Waals surface area contributed by atoms with Gasteiger partial charge in [-0.1, -0.05) is 12.1 Å². The molecule has 0 radical (unpaired) electrons. The van der Waals surface area contributed by atoms with Gasteiger partial charge in [-0.2, -0.15) is 0 Å². The summed E-state index contributed by atoms with van der Waals surface area (Å²) in [5.41, 5.74) is 6.42. The van der Waals surface area contributed by atoms with E-state index in [9.17, 15) is 9.18 Å². The van der Waals surface area contributed by atoms with Crippen molar-refractivity contribution in [3.8, 4) is 5.75 Å². The summed E-state index contributed by atoms with van der Waals surface area (Å²) in [4.78, 5) is 11.4. The van der Waals surface area contributed by atoms with Crippen molar-refractivity contribution in [2.24, 2.45) is 5.73 Å². The number of hydrogen-bond acceptors (Lipinski definition) is 3. The first-order valence-corrected chi connectivity index (χ1v) is 5.49. The number of ether oxygens (including phenoxy) is 1. The summed E-state index contributed by atoms with van der Waals surface area (Å²) in [7, 11) is 1.41. The van der Waals surface area contributed by atoms with Crippen LogP contribution in [0.3, 0.4) is 0 Å². The number of nitrogens with two attached hydrogens (primary N) is 1. The van der Waals surface area contributed by atoms with E-state index in [1.807, 2.05) is 0 Å². The number of benzene rings is 1. The maximum Gasteiger partial charge on any atom is 0.222 e. The zero-order valence-electron chi connectivity index (χ0n) is 9.57. The average molecular weight is 238 g/mol. The van der Waals surface area contributed by atoms with Crippen molar-refractivity contribution < 1.29 is 13.9 Å². The van der Waals surface area contributed by atoms with Crippen LogP contribution in [0.2, 0.25) is 0 Å². The lowest BCUT2D eigenvalue weighted by Gasteiger charge is -2.28. The smallest absolute Gasteiger partial charge is 0.222 e. The molecular formula is C12H15FN2O2. The number of piperidine rings is 1. The number of hydrogen-bond donors (Lipinski definition) is 2. The van der Waals surface area contributed by atoms with Gasteiger partial charge in [0, 0.05) is 18.0 Å². The van der Waals surface area contributed by atoms with E-state index in [1.54, 1.807) is 12.1 Å². The Balaban J connectivity index is 2.33. The van der Waals surface area contributed by atoms with Crippen LogP contribution >= 0.6 is 0 Å². The molecule has 2 atom stereocenters. The Hall–Kier alpha value is -1.62. The van der Waals surface area contributed by atoms with E-state index in [-0.39, 0.29) is 23.7 Å². The number of methoxy groups -OCH3 is 1. The van der Waals surface area contributed by atoms with Crippen molar-refractivity contribution in [3.63, 3.8) is 0 Å². The molecule has 2 unspecified atom stereocenters. The second-order valence-electron chi connectivity index (χ2n) is 4.18. The van der Waals surface area contributed by atoms with Crippen LogP contribution in [-0.4, -0.2) is 19.1 Å². The van der Waals surface area contributed by atoms with Crippen LogP contribution in [0.15, 0.2) is 18.2 Å². The fourth-order valence-corrected chi connectivity index (χ4v) is 2.16. The summed E-state index contributed by atoms with van der Waals surface area (Å²) in [6.45, 7) is 0. The molecule has 0 spiro atoms. The summed E-state index contributed by atoms with van der Waals surface area (Å²) in [6.07, 6.45) is 0.902. The zero-order valence-corrected chi connectivity index (χ0v) is 9.57. The molecule has 4 nitrogen and oxygen atoms in total. The topological polar surface area (TPSA) is 64.3 Å². The predicted octanol–water partition coefficient (Wildman–Crippen LogP) is 1.11. The molecule has 5 heteroatoms. The van der Waals surface area contributed by atoms with Gasteiger partial charge in [-0.05, 0) is 12.5 Å². The van der Waals surface area contributed by atoms with E-state index >= 15 is 0 Å². The van der Waals surface area contributed by atoms with Crippen molar-refractivity contribution >= 4 is 5.91 Å². The predicted molar refractivity (Wildman–Crippen MR) is 61.0 cm³/mol. The Kier molecular flexibility index (Phi) is 3.28. The van der Waals surface area contributed by atoms with E-state index < -0.39 is 5.82 Å². The summed E-state index contributed by atoms with van der Waals surface area (Å²) < 4.78 is 18.6. The minimum absolute atomic E-state index is 0.111. The maximum absolute atomic E-state index is 13.5. The van der Waals surface area contributed by atoms with Gasteiger partial charge in [0.05, 0.1) is 13.2 Å². The summed E-state index contributed by atoms with van der Waals surface area (Å²) in [5, 5.41) is 2.80. The van der Waals surface area contributed by atoms with E-state index in [4.69, 9.17) is 10.5 Å². The van der Waals surface area contributed by atoms with E-state index in [1.165, 1.54) is 13.2 Å². The van der Waals surface area contributed by atoms with Crippen LogP contribution < -0.4 is 15.8 Å². The van der Waals surface area contributed by atoms with Gasteiger partial charge in [-0.15, -0.1) is 0 Å². The molecule has 0 aromatic heterocycles. The minimum atomic E-state index is -0.432. The van der Waals surface area contributed by atoms with Gasteiger partial charge in [-0.3, -0.25) is 4.79 Å². The Labute approximate surface area is 98.9 Å². The molecule has 3 N–H and O–H groups in total. The monoisotopic (exact) mass is 238 g/mol. The largest absolute Gasteiger partial charge is 0.493 e. The minimum Gasteiger partial charge on any atom is -0.493 e. The lowest BCUT2D eigenvalue weighted by atomic mass is 9.93. The highest BCUT2D eigenvalue weighted by atomic mass is 19.1. The third-order valence-electron chi connectivity index (χ3n) is 2.90. The number of amides is 1. The van der Waals surface area contributed by atoms with Gasteiger partial charge in [0.15, 0.2) is 11.6 Å². The summed E-state index contributed by atoms with van der Waals surface area (Å²) in [6, 6.07) is 4.19. The molecule has 1 aromatic carbocycles. The molecular weight excluding hydrogens is 223 g/mol. The lowest BCUT2D eigenvalue weighted by Crippen LogP contribution is -2.42. The van der Waals surface area contributed by atoms with Gasteiger partial charge >= 0.3 is 0 Å². The molecule has 1 aliphatic rings. The normalized spacial score (nSPS) is 24.3. The van der Waals surface area contributed by atoms with Crippen molar-refractivity contribution in [1.82, 2.24) is 5.32 Å². The summed E-state index contributed by atoms with van der Waals surface area (Å²) >= 11 is 0. The van der Waals surface area contributed by atoms with Gasteiger partial charge in [0.1, 0.15) is 0 Å². The highest BCUT2D eigenvalue weighted by Crippen LogP contribution is 2.32. The quantitative estimate of drug-likeness (QED) is 0.811. The highest BCUT2D eigenvalue weighted by Gasteiger charge is 2.28. The maximum atomic E-state index is 13.5. The SMILES string of the molecule is COc1c(F)cccc1C1CC(N)CC(=O)N1. The third kappa shape index (κ3) is 2.39. The molecule has 1 aliphatic heterocycles. The molecule has 0 saturated carbocycles. The van der Waals surface area contributed by atoms with Gasteiger partial charge in [-0.25, -0.2) is 4.39 Å². The summed E-state index contributed by atoms with van der Waals surface area (Å²) in [5.74, 6) is -0.370. The number of rotatable bonds is 2. The van der Waals surface area contributed by atoms with Crippen molar-refractivity contribution in [2.75, 3.05) is 7.11 Å². The first-order chi connectivity index (χ1) is 8.11. The Morgan fingerprint density at radius 1 is 1.53 bits per heavy atom. The molecule has 1 amide bonds. The van der Waals surface area contributed by atoms with Crippen LogP contribution in [-0.2, 0) is 4.79 Å². The number of halogens is 1. The Morgan fingerprint density at radius 2 is 2.29 bits per heavy atom. The molecule has 17 heavy (non-hydrogen) atoms.